The molecule has 0 aliphatic rings. The number of unbranched alkanes of at least 4 members (excludes halogenated alkanes) is 2. The third kappa shape index (κ3) is 6.11. The Labute approximate surface area is 156 Å². The predicted octanol–water partition coefficient (Wildman–Crippen LogP) is 4.32. The van der Waals surface area contributed by atoms with Crippen LogP contribution in [0.15, 0.2) is 42.5 Å². The second kappa shape index (κ2) is 9.86. The molecule has 0 bridgehead atoms. The number of nitrogens with zero attached hydrogens (tertiary/aromatic N) is 1. The SMILES string of the molecule is NC(=O)N(S)c1ccc(OCCCCCOc2ccc(F)cc2F)cc1. The van der Waals surface area contributed by atoms with Crippen molar-refractivity contribution in [3.63, 3.8) is 0 Å². The van der Waals surface area contributed by atoms with Gasteiger partial charge in [-0.15, -0.1) is 0 Å². The molecule has 5 nitrogen and oxygen atoms in total. The quantitative estimate of drug-likeness (QED) is 0.501. The average molecular weight is 382 g/mol. The number of anilines is 1. The van der Waals surface area contributed by atoms with Crippen molar-refractivity contribution in [3.8, 4) is 11.5 Å². The molecule has 0 radical (unpaired) electrons. The highest BCUT2D eigenvalue weighted by Crippen LogP contribution is 2.21. The minimum atomic E-state index is -0.701. The van der Waals surface area contributed by atoms with Crippen molar-refractivity contribution >= 4 is 24.5 Å². The van der Waals surface area contributed by atoms with E-state index in [1.807, 2.05) is 0 Å². The van der Waals surface area contributed by atoms with Gasteiger partial charge in [0, 0.05) is 6.07 Å². The summed E-state index contributed by atoms with van der Waals surface area (Å²) in [5.41, 5.74) is 5.68. The molecule has 0 spiro atoms. The zero-order chi connectivity index (χ0) is 18.9. The fraction of sp³-hybridized carbons (Fsp3) is 0.278. The number of urea groups is 1. The van der Waals surface area contributed by atoms with Crippen molar-refractivity contribution in [2.75, 3.05) is 17.5 Å². The van der Waals surface area contributed by atoms with Crippen LogP contribution in [0.25, 0.3) is 0 Å². The van der Waals surface area contributed by atoms with Gasteiger partial charge in [-0.2, -0.15) is 0 Å². The number of carbonyl (C=O) groups is 1. The maximum atomic E-state index is 13.4. The average Bonchev–Trinajstić information content (AvgIpc) is 2.62. The summed E-state index contributed by atoms with van der Waals surface area (Å²) in [4.78, 5) is 11.0. The van der Waals surface area contributed by atoms with Gasteiger partial charge in [0.05, 0.1) is 18.9 Å². The number of thiol groups is 1. The molecule has 0 unspecified atom stereocenters. The molecule has 0 aliphatic heterocycles. The minimum absolute atomic E-state index is 0.0527. The lowest BCUT2D eigenvalue weighted by molar-refractivity contribution is 0.257. The Kier molecular flexibility index (Phi) is 7.53. The molecule has 140 valence electrons. The number of halogens is 2. The molecule has 0 fully saturated rings. The van der Waals surface area contributed by atoms with E-state index in [0.29, 0.717) is 24.7 Å². The van der Waals surface area contributed by atoms with Crippen LogP contribution >= 0.6 is 12.8 Å². The summed E-state index contributed by atoms with van der Waals surface area (Å²) in [6, 6.07) is 9.38. The Morgan fingerprint density at radius 3 is 2.27 bits per heavy atom. The molecule has 8 heteroatoms. The van der Waals surface area contributed by atoms with Crippen LogP contribution in [0.5, 0.6) is 11.5 Å². The number of hydrogen-bond acceptors (Lipinski definition) is 4. The Morgan fingerprint density at radius 1 is 1.00 bits per heavy atom. The van der Waals surface area contributed by atoms with Crippen molar-refractivity contribution in [1.82, 2.24) is 0 Å². The Morgan fingerprint density at radius 2 is 1.65 bits per heavy atom. The molecule has 0 atom stereocenters. The highest BCUT2D eigenvalue weighted by atomic mass is 32.1. The summed E-state index contributed by atoms with van der Waals surface area (Å²) in [6.45, 7) is 0.868. The van der Waals surface area contributed by atoms with Gasteiger partial charge in [-0.1, -0.05) is 12.8 Å². The first-order chi connectivity index (χ1) is 12.5. The van der Waals surface area contributed by atoms with Gasteiger partial charge < -0.3 is 15.2 Å². The van der Waals surface area contributed by atoms with Gasteiger partial charge in [0.1, 0.15) is 11.6 Å². The van der Waals surface area contributed by atoms with Crippen LogP contribution in [0.3, 0.4) is 0 Å². The largest absolute Gasteiger partial charge is 0.494 e. The number of ether oxygens (including phenoxy) is 2. The van der Waals surface area contributed by atoms with Crippen LogP contribution < -0.4 is 19.5 Å². The second-order valence-electron chi connectivity index (χ2n) is 5.48. The molecule has 0 heterocycles. The molecule has 2 rings (SSSR count). The van der Waals surface area contributed by atoms with Gasteiger partial charge >= 0.3 is 6.03 Å². The first-order valence-corrected chi connectivity index (χ1v) is 8.46. The fourth-order valence-electron chi connectivity index (χ4n) is 2.16. The van der Waals surface area contributed by atoms with E-state index in [1.165, 1.54) is 6.07 Å². The topological polar surface area (TPSA) is 64.8 Å². The molecular weight excluding hydrogens is 362 g/mol. The Balaban J connectivity index is 1.61. The third-order valence-corrected chi connectivity index (χ3v) is 3.93. The van der Waals surface area contributed by atoms with Gasteiger partial charge in [-0.05, 0) is 55.7 Å². The van der Waals surface area contributed by atoms with Crippen LogP contribution in [0.4, 0.5) is 19.3 Å². The van der Waals surface area contributed by atoms with Gasteiger partial charge in [-0.25, -0.2) is 17.9 Å². The molecule has 2 N–H and O–H groups in total. The molecule has 2 aromatic rings. The van der Waals surface area contributed by atoms with E-state index in [4.69, 9.17) is 15.2 Å². The zero-order valence-electron chi connectivity index (χ0n) is 14.0. The highest BCUT2D eigenvalue weighted by Gasteiger charge is 2.07. The van der Waals surface area contributed by atoms with Crippen molar-refractivity contribution in [1.29, 1.82) is 0 Å². The summed E-state index contributed by atoms with van der Waals surface area (Å²) in [6.07, 6.45) is 2.37. The fourth-order valence-corrected chi connectivity index (χ4v) is 2.29. The van der Waals surface area contributed by atoms with Crippen LogP contribution in [-0.4, -0.2) is 19.2 Å². The normalized spacial score (nSPS) is 10.4. The first-order valence-electron chi connectivity index (χ1n) is 8.06. The molecule has 0 aromatic heterocycles. The number of benzene rings is 2. The molecular formula is C18H20F2N2O3S. The molecule has 2 aromatic carbocycles. The van der Waals surface area contributed by atoms with E-state index in [1.54, 1.807) is 24.3 Å². The molecule has 0 aliphatic carbocycles. The Bertz CT molecular complexity index is 729. The number of primary amides is 1. The lowest BCUT2D eigenvalue weighted by atomic mass is 10.2. The number of carbonyl (C=O) groups excluding carboxylic acids is 1. The molecule has 0 saturated carbocycles. The van der Waals surface area contributed by atoms with Crippen LogP contribution in [0.2, 0.25) is 0 Å². The van der Waals surface area contributed by atoms with Gasteiger partial charge in [0.15, 0.2) is 11.6 Å². The van der Waals surface area contributed by atoms with Gasteiger partial charge in [0.25, 0.3) is 0 Å². The third-order valence-electron chi connectivity index (χ3n) is 3.50. The number of amides is 2. The Hall–Kier alpha value is -2.48. The van der Waals surface area contributed by atoms with Crippen LogP contribution in [0.1, 0.15) is 19.3 Å². The second-order valence-corrected chi connectivity index (χ2v) is 5.88. The summed E-state index contributed by atoms with van der Waals surface area (Å²) in [5, 5.41) is 0. The summed E-state index contributed by atoms with van der Waals surface area (Å²) in [5.74, 6) is -0.605. The standard InChI is InChI=1S/C18H20F2N2O3S/c19-13-4-9-17(16(20)12-13)25-11-3-1-2-10-24-15-7-5-14(6-8-15)22(26)18(21)23/h4-9,12,26H,1-3,10-11H2,(H2,21,23). The first kappa shape index (κ1) is 19.8. The monoisotopic (exact) mass is 382 g/mol. The van der Waals surface area contributed by atoms with E-state index < -0.39 is 17.7 Å². The zero-order valence-corrected chi connectivity index (χ0v) is 14.9. The summed E-state index contributed by atoms with van der Waals surface area (Å²) < 4.78 is 38.1. The maximum Gasteiger partial charge on any atom is 0.329 e. The number of nitrogens with two attached hydrogens (primary N) is 1. The summed E-state index contributed by atoms with van der Waals surface area (Å²) >= 11 is 3.97. The van der Waals surface area contributed by atoms with Gasteiger partial charge in [0.2, 0.25) is 0 Å². The van der Waals surface area contributed by atoms with E-state index in [2.05, 4.69) is 12.8 Å². The van der Waals surface area contributed by atoms with E-state index >= 15 is 0 Å². The van der Waals surface area contributed by atoms with E-state index in [-0.39, 0.29) is 5.75 Å². The minimum Gasteiger partial charge on any atom is -0.494 e. The smallest absolute Gasteiger partial charge is 0.329 e. The predicted molar refractivity (Wildman–Crippen MR) is 98.7 cm³/mol. The molecule has 26 heavy (non-hydrogen) atoms. The molecule has 2 amide bonds. The summed E-state index contributed by atoms with van der Waals surface area (Å²) in [7, 11) is 0. The van der Waals surface area contributed by atoms with Crippen LogP contribution in [0, 0.1) is 11.6 Å². The van der Waals surface area contributed by atoms with Crippen molar-refractivity contribution < 1.29 is 23.0 Å². The highest BCUT2D eigenvalue weighted by molar-refractivity contribution is 7.82. The number of hydrogen-bond donors (Lipinski definition) is 2. The molecule has 0 saturated heterocycles. The van der Waals surface area contributed by atoms with Gasteiger partial charge in [-0.3, -0.25) is 0 Å². The number of rotatable bonds is 9. The van der Waals surface area contributed by atoms with Crippen molar-refractivity contribution in [2.24, 2.45) is 5.73 Å². The van der Waals surface area contributed by atoms with Crippen molar-refractivity contribution in [3.05, 3.63) is 54.1 Å². The van der Waals surface area contributed by atoms with E-state index in [9.17, 15) is 13.6 Å². The lowest BCUT2D eigenvalue weighted by Gasteiger charge is -2.13. The maximum absolute atomic E-state index is 13.4. The van der Waals surface area contributed by atoms with E-state index in [0.717, 1.165) is 35.7 Å². The van der Waals surface area contributed by atoms with Crippen molar-refractivity contribution in [2.45, 2.75) is 19.3 Å². The lowest BCUT2D eigenvalue weighted by Crippen LogP contribution is -2.27. The van der Waals surface area contributed by atoms with Crippen LogP contribution in [-0.2, 0) is 0 Å².